The number of unbranched alkanes of at least 4 members (excludes halogenated alkanes) is 1. The minimum Gasteiger partial charge on any atom is -0.396 e. The summed E-state index contributed by atoms with van der Waals surface area (Å²) in [4.78, 5) is 0. The third-order valence-corrected chi connectivity index (χ3v) is 2.79. The average Bonchev–Trinajstić information content (AvgIpc) is 2.12. The van der Waals surface area contributed by atoms with Crippen molar-refractivity contribution >= 4 is 0 Å². The Bertz CT molecular complexity index is 105. The van der Waals surface area contributed by atoms with Gasteiger partial charge in [-0.15, -0.1) is 0 Å². The highest BCUT2D eigenvalue weighted by Crippen LogP contribution is 2.33. The minimum atomic E-state index is 0.244. The zero-order chi connectivity index (χ0) is 10.2. The maximum absolute atomic E-state index is 8.94. The minimum absolute atomic E-state index is 0.244. The van der Waals surface area contributed by atoms with Crippen molar-refractivity contribution in [3.8, 4) is 0 Å². The highest BCUT2D eigenvalue weighted by Gasteiger charge is 2.21. The molecule has 80 valence electrons. The molecule has 0 radical (unpaired) electrons. The van der Waals surface area contributed by atoms with E-state index < -0.39 is 0 Å². The van der Waals surface area contributed by atoms with Crippen LogP contribution in [0.4, 0.5) is 0 Å². The van der Waals surface area contributed by atoms with Gasteiger partial charge in [0.15, 0.2) is 0 Å². The van der Waals surface area contributed by atoms with Crippen LogP contribution in [0.1, 0.15) is 52.4 Å². The van der Waals surface area contributed by atoms with Crippen molar-refractivity contribution in [2.75, 3.05) is 13.2 Å². The Kier molecular flexibility index (Phi) is 7.29. The molecule has 0 amide bonds. The first-order chi connectivity index (χ1) is 6.18. The van der Waals surface area contributed by atoms with Crippen LogP contribution in [0.15, 0.2) is 0 Å². The van der Waals surface area contributed by atoms with Crippen molar-refractivity contribution in [3.63, 3.8) is 0 Å². The van der Waals surface area contributed by atoms with E-state index >= 15 is 0 Å². The smallest absolute Gasteiger partial charge is 0.0436 e. The Morgan fingerprint density at radius 1 is 0.923 bits per heavy atom. The standard InChI is InChI=1S/C11H24O2/c1-3-4-6-11(2,8-10-13)7-5-9-12/h12-13H,3-10H2,1-2H3. The second-order valence-electron chi connectivity index (χ2n) is 4.21. The van der Waals surface area contributed by atoms with E-state index in [2.05, 4.69) is 13.8 Å². The third-order valence-electron chi connectivity index (χ3n) is 2.79. The quantitative estimate of drug-likeness (QED) is 0.614. The third kappa shape index (κ3) is 6.05. The molecule has 0 aromatic rings. The van der Waals surface area contributed by atoms with Crippen LogP contribution in [0.5, 0.6) is 0 Å². The highest BCUT2D eigenvalue weighted by molar-refractivity contribution is 4.73. The van der Waals surface area contributed by atoms with Gasteiger partial charge in [-0.1, -0.05) is 26.7 Å². The summed E-state index contributed by atoms with van der Waals surface area (Å²) in [5, 5.41) is 17.7. The van der Waals surface area contributed by atoms with Gasteiger partial charge in [0.2, 0.25) is 0 Å². The summed E-state index contributed by atoms with van der Waals surface area (Å²) in [7, 11) is 0. The van der Waals surface area contributed by atoms with E-state index in [-0.39, 0.29) is 18.6 Å². The molecular weight excluding hydrogens is 164 g/mol. The molecule has 2 heteroatoms. The molecule has 0 aliphatic rings. The predicted molar refractivity (Wildman–Crippen MR) is 55.7 cm³/mol. The van der Waals surface area contributed by atoms with Gasteiger partial charge in [-0.3, -0.25) is 0 Å². The van der Waals surface area contributed by atoms with E-state index in [0.29, 0.717) is 0 Å². The predicted octanol–water partition coefficient (Wildman–Crippen LogP) is 2.34. The van der Waals surface area contributed by atoms with Crippen LogP contribution in [0.2, 0.25) is 0 Å². The summed E-state index contributed by atoms with van der Waals surface area (Å²) in [6, 6.07) is 0. The van der Waals surface area contributed by atoms with Crippen molar-refractivity contribution in [1.82, 2.24) is 0 Å². The molecule has 0 saturated heterocycles. The van der Waals surface area contributed by atoms with Crippen LogP contribution in [0.3, 0.4) is 0 Å². The Labute approximate surface area is 82.0 Å². The van der Waals surface area contributed by atoms with Crippen molar-refractivity contribution in [1.29, 1.82) is 0 Å². The molecule has 0 aromatic carbocycles. The van der Waals surface area contributed by atoms with E-state index in [1.54, 1.807) is 0 Å². The molecule has 0 spiro atoms. The van der Waals surface area contributed by atoms with Gasteiger partial charge in [-0.2, -0.15) is 0 Å². The second-order valence-corrected chi connectivity index (χ2v) is 4.21. The van der Waals surface area contributed by atoms with Crippen LogP contribution in [0.25, 0.3) is 0 Å². The fourth-order valence-electron chi connectivity index (χ4n) is 1.75. The van der Waals surface area contributed by atoms with Gasteiger partial charge in [0.25, 0.3) is 0 Å². The molecule has 1 atom stereocenters. The number of hydrogen-bond donors (Lipinski definition) is 2. The van der Waals surface area contributed by atoms with Gasteiger partial charge in [0.05, 0.1) is 0 Å². The molecule has 13 heavy (non-hydrogen) atoms. The van der Waals surface area contributed by atoms with Gasteiger partial charge in [0.1, 0.15) is 0 Å². The Morgan fingerprint density at radius 2 is 1.54 bits per heavy atom. The molecule has 0 aliphatic heterocycles. The maximum atomic E-state index is 8.94. The summed E-state index contributed by atoms with van der Waals surface area (Å²) < 4.78 is 0. The first kappa shape index (κ1) is 12.9. The van der Waals surface area contributed by atoms with Crippen LogP contribution in [-0.4, -0.2) is 23.4 Å². The molecule has 0 heterocycles. The maximum Gasteiger partial charge on any atom is 0.0436 e. The first-order valence-corrected chi connectivity index (χ1v) is 5.40. The van der Waals surface area contributed by atoms with E-state index in [4.69, 9.17) is 10.2 Å². The fourth-order valence-corrected chi connectivity index (χ4v) is 1.75. The van der Waals surface area contributed by atoms with Crippen LogP contribution >= 0.6 is 0 Å². The number of rotatable bonds is 8. The summed E-state index contributed by atoms with van der Waals surface area (Å²) in [6.07, 6.45) is 6.36. The van der Waals surface area contributed by atoms with Crippen LogP contribution < -0.4 is 0 Å². The molecule has 0 saturated carbocycles. The van der Waals surface area contributed by atoms with Gasteiger partial charge >= 0.3 is 0 Å². The lowest BCUT2D eigenvalue weighted by molar-refractivity contribution is 0.156. The molecule has 2 nitrogen and oxygen atoms in total. The van der Waals surface area contributed by atoms with Crippen molar-refractivity contribution < 1.29 is 10.2 Å². The second kappa shape index (κ2) is 7.34. The monoisotopic (exact) mass is 188 g/mol. The molecule has 1 unspecified atom stereocenters. The molecule has 0 aliphatic carbocycles. The average molecular weight is 188 g/mol. The first-order valence-electron chi connectivity index (χ1n) is 5.40. The Morgan fingerprint density at radius 3 is 2.00 bits per heavy atom. The topological polar surface area (TPSA) is 40.5 Å². The van der Waals surface area contributed by atoms with Gasteiger partial charge in [0, 0.05) is 13.2 Å². The van der Waals surface area contributed by atoms with Crippen molar-refractivity contribution in [3.05, 3.63) is 0 Å². The van der Waals surface area contributed by atoms with Gasteiger partial charge in [-0.05, 0) is 31.1 Å². The molecule has 0 bridgehead atoms. The van der Waals surface area contributed by atoms with Crippen molar-refractivity contribution in [2.45, 2.75) is 52.4 Å². The normalized spacial score (nSPS) is 15.7. The Hall–Kier alpha value is -0.0800. The molecule has 2 N–H and O–H groups in total. The zero-order valence-electron chi connectivity index (χ0n) is 9.05. The number of aliphatic hydroxyl groups excluding tert-OH is 2. The SMILES string of the molecule is CCCCC(C)(CCO)CCCO. The summed E-state index contributed by atoms with van der Waals surface area (Å²) in [6.45, 7) is 4.94. The number of aliphatic hydroxyl groups is 2. The lowest BCUT2D eigenvalue weighted by Crippen LogP contribution is -2.18. The van der Waals surface area contributed by atoms with E-state index in [1.807, 2.05) is 0 Å². The molecular formula is C11H24O2. The van der Waals surface area contributed by atoms with Crippen LogP contribution in [-0.2, 0) is 0 Å². The highest BCUT2D eigenvalue weighted by atomic mass is 16.3. The van der Waals surface area contributed by atoms with Crippen molar-refractivity contribution in [2.24, 2.45) is 5.41 Å². The van der Waals surface area contributed by atoms with Crippen LogP contribution in [0, 0.1) is 5.41 Å². The van der Waals surface area contributed by atoms with Gasteiger partial charge < -0.3 is 10.2 Å². The zero-order valence-corrected chi connectivity index (χ0v) is 9.05. The van der Waals surface area contributed by atoms with Gasteiger partial charge in [-0.25, -0.2) is 0 Å². The summed E-state index contributed by atoms with van der Waals surface area (Å²) in [5.41, 5.74) is 0.244. The van der Waals surface area contributed by atoms with E-state index in [0.717, 1.165) is 19.3 Å². The summed E-state index contributed by atoms with van der Waals surface area (Å²) in [5.74, 6) is 0. The summed E-state index contributed by atoms with van der Waals surface area (Å²) >= 11 is 0. The largest absolute Gasteiger partial charge is 0.396 e. The number of hydrogen-bond acceptors (Lipinski definition) is 2. The Balaban J connectivity index is 3.84. The van der Waals surface area contributed by atoms with E-state index in [1.165, 1.54) is 19.3 Å². The van der Waals surface area contributed by atoms with E-state index in [9.17, 15) is 0 Å². The lowest BCUT2D eigenvalue weighted by Gasteiger charge is -2.28. The molecule has 0 rings (SSSR count). The molecule has 0 aromatic heterocycles. The fraction of sp³-hybridized carbons (Fsp3) is 1.00. The molecule has 0 fully saturated rings. The lowest BCUT2D eigenvalue weighted by atomic mass is 9.78.